The van der Waals surface area contributed by atoms with Gasteiger partial charge in [-0.15, -0.1) is 0 Å². The summed E-state index contributed by atoms with van der Waals surface area (Å²) in [6, 6.07) is 10.1. The lowest BCUT2D eigenvalue weighted by atomic mass is 10.1. The van der Waals surface area contributed by atoms with Crippen molar-refractivity contribution in [3.05, 3.63) is 63.4 Å². The highest BCUT2D eigenvalue weighted by atomic mass is 35.5. The second-order valence-electron chi connectivity index (χ2n) is 5.43. The highest BCUT2D eigenvalue weighted by Crippen LogP contribution is 2.27. The van der Waals surface area contributed by atoms with Gasteiger partial charge in [0.2, 0.25) is 0 Å². The summed E-state index contributed by atoms with van der Waals surface area (Å²) in [5.41, 5.74) is 2.44. The molecule has 0 unspecified atom stereocenters. The predicted octanol–water partition coefficient (Wildman–Crippen LogP) is 3.70. The van der Waals surface area contributed by atoms with Crippen molar-refractivity contribution < 1.29 is 14.5 Å². The Morgan fingerprint density at radius 3 is 2.70 bits per heavy atom. The summed E-state index contributed by atoms with van der Waals surface area (Å²) in [7, 11) is 0. The molecule has 23 heavy (non-hydrogen) atoms. The first kappa shape index (κ1) is 17.7. The minimum atomic E-state index is -0.518. The number of benzene rings is 2. The molecule has 0 aromatic heterocycles. The van der Waals surface area contributed by atoms with E-state index in [9.17, 15) is 9.18 Å². The maximum Gasteiger partial charge on any atom is 0.279 e. The molecule has 1 amide bonds. The molecule has 1 atom stereocenters. The molecule has 3 N–H and O–H groups in total. The first-order valence-corrected chi connectivity index (χ1v) is 7.96. The van der Waals surface area contributed by atoms with E-state index in [0.29, 0.717) is 10.6 Å². The lowest BCUT2D eigenvalue weighted by Crippen LogP contribution is -2.86. The molecule has 0 bridgehead atoms. The summed E-state index contributed by atoms with van der Waals surface area (Å²) in [4.78, 5) is 12.0. The van der Waals surface area contributed by atoms with Crippen molar-refractivity contribution in [1.82, 2.24) is 0 Å². The maximum atomic E-state index is 13.6. The van der Waals surface area contributed by atoms with Gasteiger partial charge in [-0.3, -0.25) is 4.79 Å². The smallest absolute Gasteiger partial charge is 0.279 e. The molecule has 0 aliphatic heterocycles. The number of halogens is 3. The number of nitrogens with two attached hydrogens (primary N) is 1. The molecule has 0 saturated carbocycles. The summed E-state index contributed by atoms with van der Waals surface area (Å²) in [5, 5.41) is 4.99. The zero-order valence-electron chi connectivity index (χ0n) is 12.9. The van der Waals surface area contributed by atoms with Gasteiger partial charge in [0.1, 0.15) is 11.9 Å². The molecule has 2 aromatic rings. The van der Waals surface area contributed by atoms with Gasteiger partial charge in [-0.1, -0.05) is 35.3 Å². The molecular weight excluding hydrogens is 338 g/mol. The first-order chi connectivity index (χ1) is 10.9. The van der Waals surface area contributed by atoms with Crippen LogP contribution in [0.1, 0.15) is 24.1 Å². The van der Waals surface area contributed by atoms with Gasteiger partial charge in [0.05, 0.1) is 10.0 Å². The fourth-order valence-electron chi connectivity index (χ4n) is 2.23. The fourth-order valence-corrected chi connectivity index (χ4v) is 2.79. The normalized spacial score (nSPS) is 12.0. The third-order valence-corrected chi connectivity index (χ3v) is 4.11. The van der Waals surface area contributed by atoms with Gasteiger partial charge in [0, 0.05) is 11.3 Å². The van der Waals surface area contributed by atoms with Crippen molar-refractivity contribution in [2.75, 3.05) is 11.9 Å². The number of hydrogen-bond acceptors (Lipinski definition) is 1. The van der Waals surface area contributed by atoms with E-state index in [1.165, 1.54) is 12.1 Å². The van der Waals surface area contributed by atoms with Gasteiger partial charge >= 0.3 is 0 Å². The van der Waals surface area contributed by atoms with Crippen LogP contribution in [0.2, 0.25) is 10.0 Å². The monoisotopic (exact) mass is 355 g/mol. The Morgan fingerprint density at radius 2 is 2.00 bits per heavy atom. The van der Waals surface area contributed by atoms with Crippen LogP contribution in [0.5, 0.6) is 0 Å². The minimum absolute atomic E-state index is 0.0110. The van der Waals surface area contributed by atoms with Gasteiger partial charge in [0.25, 0.3) is 5.91 Å². The quantitative estimate of drug-likeness (QED) is 0.789. The number of carbonyl (C=O) groups is 1. The summed E-state index contributed by atoms with van der Waals surface area (Å²) < 4.78 is 13.6. The van der Waals surface area contributed by atoms with E-state index in [-0.39, 0.29) is 23.5 Å². The van der Waals surface area contributed by atoms with Crippen molar-refractivity contribution in [2.24, 2.45) is 0 Å². The molecule has 2 aromatic carbocycles. The molecule has 2 rings (SSSR count). The average Bonchev–Trinajstić information content (AvgIpc) is 2.48. The van der Waals surface area contributed by atoms with E-state index < -0.39 is 5.82 Å². The number of quaternary nitrogens is 1. The fraction of sp³-hybridized carbons (Fsp3) is 0.235. The molecule has 3 nitrogen and oxygen atoms in total. The van der Waals surface area contributed by atoms with Gasteiger partial charge < -0.3 is 10.6 Å². The number of aryl methyl sites for hydroxylation is 1. The van der Waals surface area contributed by atoms with Crippen LogP contribution in [0.25, 0.3) is 0 Å². The molecule has 0 saturated heterocycles. The van der Waals surface area contributed by atoms with Crippen molar-refractivity contribution in [3.63, 3.8) is 0 Å². The first-order valence-electron chi connectivity index (χ1n) is 7.21. The molecule has 0 aliphatic rings. The van der Waals surface area contributed by atoms with E-state index in [0.717, 1.165) is 11.3 Å². The van der Waals surface area contributed by atoms with Crippen molar-refractivity contribution in [2.45, 2.75) is 19.9 Å². The molecular formula is C17H18Cl2FN2O+. The number of nitrogens with one attached hydrogen (secondary N) is 1. The van der Waals surface area contributed by atoms with E-state index in [4.69, 9.17) is 23.2 Å². The summed E-state index contributed by atoms with van der Waals surface area (Å²) >= 11 is 11.8. The molecule has 0 radical (unpaired) electrons. The van der Waals surface area contributed by atoms with E-state index in [2.05, 4.69) is 5.32 Å². The maximum absolute atomic E-state index is 13.6. The largest absolute Gasteiger partial charge is 0.332 e. The van der Waals surface area contributed by atoms with Crippen LogP contribution in [-0.2, 0) is 4.79 Å². The highest BCUT2D eigenvalue weighted by molar-refractivity contribution is 6.35. The number of rotatable bonds is 5. The van der Waals surface area contributed by atoms with Crippen molar-refractivity contribution in [3.8, 4) is 0 Å². The highest BCUT2D eigenvalue weighted by Gasteiger charge is 2.17. The Kier molecular flexibility index (Phi) is 5.99. The molecule has 0 aliphatic carbocycles. The lowest BCUT2D eigenvalue weighted by Gasteiger charge is -2.13. The van der Waals surface area contributed by atoms with Crippen LogP contribution in [-0.4, -0.2) is 12.5 Å². The number of hydrogen-bond donors (Lipinski definition) is 2. The van der Waals surface area contributed by atoms with Crippen LogP contribution < -0.4 is 10.6 Å². The lowest BCUT2D eigenvalue weighted by molar-refractivity contribution is -0.682. The van der Waals surface area contributed by atoms with E-state index >= 15 is 0 Å². The third-order valence-electron chi connectivity index (χ3n) is 3.49. The Morgan fingerprint density at radius 1 is 1.26 bits per heavy atom. The predicted molar refractivity (Wildman–Crippen MR) is 91.4 cm³/mol. The molecule has 0 heterocycles. The summed E-state index contributed by atoms with van der Waals surface area (Å²) in [6.07, 6.45) is 0. The van der Waals surface area contributed by atoms with E-state index in [1.807, 2.05) is 38.1 Å². The Labute approximate surface area is 144 Å². The van der Waals surface area contributed by atoms with Gasteiger partial charge in [-0.05, 0) is 43.7 Å². The van der Waals surface area contributed by atoms with Crippen LogP contribution >= 0.6 is 23.2 Å². The topological polar surface area (TPSA) is 45.7 Å². The standard InChI is InChI=1S/C17H17Cl2FN2O/c1-10-4-3-5-12(6-10)22-17(23)9-21-11(2)13-7-16(20)15(19)8-14(13)18/h3-8,11,21H,9H2,1-2H3,(H,22,23)/p+1/t11-/m0/s1. The molecule has 6 heteroatoms. The summed E-state index contributed by atoms with van der Waals surface area (Å²) in [6.45, 7) is 4.02. The third kappa shape index (κ3) is 4.93. The SMILES string of the molecule is Cc1cccc(NC(=O)C[NH2+][C@@H](C)c2cc(F)c(Cl)cc2Cl)c1. The zero-order valence-corrected chi connectivity index (χ0v) is 14.4. The molecule has 122 valence electrons. The van der Waals surface area contributed by atoms with Crippen LogP contribution in [0, 0.1) is 12.7 Å². The van der Waals surface area contributed by atoms with Crippen molar-refractivity contribution >= 4 is 34.8 Å². The number of carbonyl (C=O) groups excluding carboxylic acids is 1. The summed E-state index contributed by atoms with van der Waals surface area (Å²) in [5.74, 6) is -0.650. The van der Waals surface area contributed by atoms with E-state index in [1.54, 1.807) is 5.32 Å². The van der Waals surface area contributed by atoms with Gasteiger partial charge in [-0.2, -0.15) is 0 Å². The Hall–Kier alpha value is -1.62. The van der Waals surface area contributed by atoms with Gasteiger partial charge in [0.15, 0.2) is 6.54 Å². The number of anilines is 1. The van der Waals surface area contributed by atoms with Crippen LogP contribution in [0.3, 0.4) is 0 Å². The molecule has 0 fully saturated rings. The second kappa shape index (κ2) is 7.77. The van der Waals surface area contributed by atoms with Gasteiger partial charge in [-0.25, -0.2) is 4.39 Å². The Bertz CT molecular complexity index is 722. The Balaban J connectivity index is 1.95. The second-order valence-corrected chi connectivity index (χ2v) is 6.25. The van der Waals surface area contributed by atoms with Crippen LogP contribution in [0.15, 0.2) is 36.4 Å². The average molecular weight is 356 g/mol. The minimum Gasteiger partial charge on any atom is -0.332 e. The zero-order chi connectivity index (χ0) is 17.0. The number of amides is 1. The van der Waals surface area contributed by atoms with Crippen molar-refractivity contribution in [1.29, 1.82) is 0 Å². The molecule has 0 spiro atoms. The van der Waals surface area contributed by atoms with Crippen LogP contribution in [0.4, 0.5) is 10.1 Å².